The molecule has 1 rings (SSSR count). The molecule has 16 heavy (non-hydrogen) atoms. The standard InChI is InChI=1S/C11H16F2N2.ClH/c12-9-5-4-8(7-10(9)13)11(15)3-1-2-6-14;/h4-5,7,11H,1-3,6,14-15H2;1H/t11-;/m0./s1. The van der Waals surface area contributed by atoms with E-state index in [0.29, 0.717) is 12.1 Å². The van der Waals surface area contributed by atoms with E-state index in [-0.39, 0.29) is 18.4 Å². The van der Waals surface area contributed by atoms with Crippen LogP contribution >= 0.6 is 12.4 Å². The lowest BCUT2D eigenvalue weighted by atomic mass is 10.0. The predicted molar refractivity (Wildman–Crippen MR) is 63.4 cm³/mol. The molecule has 0 fully saturated rings. The van der Waals surface area contributed by atoms with Gasteiger partial charge in [0.15, 0.2) is 11.6 Å². The van der Waals surface area contributed by atoms with Gasteiger partial charge in [-0.05, 0) is 37.1 Å². The Morgan fingerprint density at radius 2 is 1.81 bits per heavy atom. The zero-order valence-corrected chi connectivity index (χ0v) is 9.77. The molecule has 0 aliphatic heterocycles. The predicted octanol–water partition coefficient (Wildman–Crippen LogP) is 2.52. The van der Waals surface area contributed by atoms with Crippen molar-refractivity contribution < 1.29 is 8.78 Å². The highest BCUT2D eigenvalue weighted by Gasteiger charge is 2.08. The SMILES string of the molecule is Cl.NCCCC[C@H](N)c1ccc(F)c(F)c1. The maximum Gasteiger partial charge on any atom is 0.159 e. The number of hydrogen-bond donors (Lipinski definition) is 2. The van der Waals surface area contributed by atoms with E-state index in [1.54, 1.807) is 0 Å². The van der Waals surface area contributed by atoms with Gasteiger partial charge in [-0.15, -0.1) is 12.4 Å². The largest absolute Gasteiger partial charge is 0.330 e. The molecule has 0 aliphatic rings. The minimum Gasteiger partial charge on any atom is -0.330 e. The molecule has 1 aromatic rings. The summed E-state index contributed by atoms with van der Waals surface area (Å²) in [5, 5.41) is 0. The van der Waals surface area contributed by atoms with Crippen molar-refractivity contribution >= 4 is 12.4 Å². The third-order valence-corrected chi connectivity index (χ3v) is 2.34. The Labute approximate surface area is 100 Å². The summed E-state index contributed by atoms with van der Waals surface area (Å²) in [5.74, 6) is -1.69. The molecular weight excluding hydrogens is 234 g/mol. The van der Waals surface area contributed by atoms with E-state index in [9.17, 15) is 8.78 Å². The fourth-order valence-electron chi connectivity index (χ4n) is 1.42. The van der Waals surface area contributed by atoms with Crippen LogP contribution in [-0.2, 0) is 0 Å². The minimum atomic E-state index is -0.846. The average Bonchev–Trinajstić information content (AvgIpc) is 2.22. The normalized spacial score (nSPS) is 12.0. The highest BCUT2D eigenvalue weighted by atomic mass is 35.5. The van der Waals surface area contributed by atoms with Gasteiger partial charge in [0.25, 0.3) is 0 Å². The summed E-state index contributed by atoms with van der Waals surface area (Å²) in [4.78, 5) is 0. The summed E-state index contributed by atoms with van der Waals surface area (Å²) >= 11 is 0. The highest BCUT2D eigenvalue weighted by molar-refractivity contribution is 5.85. The van der Waals surface area contributed by atoms with E-state index in [1.165, 1.54) is 6.07 Å². The molecule has 0 aromatic heterocycles. The van der Waals surface area contributed by atoms with Gasteiger partial charge in [-0.3, -0.25) is 0 Å². The van der Waals surface area contributed by atoms with E-state index < -0.39 is 11.6 Å². The quantitative estimate of drug-likeness (QED) is 0.789. The van der Waals surface area contributed by atoms with Gasteiger partial charge in [-0.25, -0.2) is 8.78 Å². The van der Waals surface area contributed by atoms with Crippen molar-refractivity contribution in [3.63, 3.8) is 0 Å². The Balaban J connectivity index is 0.00000225. The Morgan fingerprint density at radius 1 is 1.12 bits per heavy atom. The van der Waals surface area contributed by atoms with Crippen molar-refractivity contribution in [3.8, 4) is 0 Å². The molecule has 0 amide bonds. The second-order valence-corrected chi connectivity index (χ2v) is 3.56. The lowest BCUT2D eigenvalue weighted by Crippen LogP contribution is -2.11. The summed E-state index contributed by atoms with van der Waals surface area (Å²) in [5.41, 5.74) is 11.8. The van der Waals surface area contributed by atoms with Gasteiger partial charge in [0, 0.05) is 6.04 Å². The van der Waals surface area contributed by atoms with E-state index in [0.717, 1.165) is 31.4 Å². The molecule has 0 saturated carbocycles. The summed E-state index contributed by atoms with van der Waals surface area (Å²) in [6.07, 6.45) is 2.54. The molecule has 92 valence electrons. The monoisotopic (exact) mass is 250 g/mol. The fourth-order valence-corrected chi connectivity index (χ4v) is 1.42. The van der Waals surface area contributed by atoms with E-state index >= 15 is 0 Å². The zero-order valence-electron chi connectivity index (χ0n) is 8.96. The van der Waals surface area contributed by atoms with Crippen LogP contribution in [0, 0.1) is 11.6 Å². The molecule has 1 aromatic carbocycles. The number of benzene rings is 1. The van der Waals surface area contributed by atoms with Crippen LogP contribution in [0.2, 0.25) is 0 Å². The van der Waals surface area contributed by atoms with Gasteiger partial charge in [-0.2, -0.15) is 0 Å². The number of rotatable bonds is 5. The zero-order chi connectivity index (χ0) is 11.3. The number of nitrogens with two attached hydrogens (primary N) is 2. The van der Waals surface area contributed by atoms with Gasteiger partial charge < -0.3 is 11.5 Å². The summed E-state index contributed by atoms with van der Waals surface area (Å²) in [6.45, 7) is 0.629. The molecular formula is C11H17ClF2N2. The lowest BCUT2D eigenvalue weighted by molar-refractivity contribution is 0.502. The first-order valence-corrected chi connectivity index (χ1v) is 5.05. The molecule has 0 aliphatic carbocycles. The molecule has 2 nitrogen and oxygen atoms in total. The Kier molecular flexibility index (Phi) is 7.21. The van der Waals surface area contributed by atoms with Crippen molar-refractivity contribution in [1.29, 1.82) is 0 Å². The van der Waals surface area contributed by atoms with E-state index in [4.69, 9.17) is 11.5 Å². The Hall–Kier alpha value is -0.710. The van der Waals surface area contributed by atoms with E-state index in [2.05, 4.69) is 0 Å². The highest BCUT2D eigenvalue weighted by Crippen LogP contribution is 2.18. The van der Waals surface area contributed by atoms with Crippen LogP contribution in [0.3, 0.4) is 0 Å². The van der Waals surface area contributed by atoms with Gasteiger partial charge in [0.05, 0.1) is 0 Å². The van der Waals surface area contributed by atoms with Crippen LogP contribution in [0.5, 0.6) is 0 Å². The smallest absolute Gasteiger partial charge is 0.159 e. The fraction of sp³-hybridized carbons (Fsp3) is 0.455. The van der Waals surface area contributed by atoms with Crippen LogP contribution in [0.1, 0.15) is 30.9 Å². The molecule has 0 radical (unpaired) electrons. The molecule has 4 N–H and O–H groups in total. The number of unbranched alkanes of at least 4 members (excludes halogenated alkanes) is 1. The molecule has 0 unspecified atom stereocenters. The van der Waals surface area contributed by atoms with Crippen LogP contribution in [0.4, 0.5) is 8.78 Å². The summed E-state index contributed by atoms with van der Waals surface area (Å²) in [6, 6.07) is 3.54. The van der Waals surface area contributed by atoms with Crippen molar-refractivity contribution in [2.75, 3.05) is 6.54 Å². The maximum absolute atomic E-state index is 12.9. The Morgan fingerprint density at radius 3 is 2.38 bits per heavy atom. The first-order chi connectivity index (χ1) is 7.15. The van der Waals surface area contributed by atoms with Gasteiger partial charge in [-0.1, -0.05) is 12.5 Å². The van der Waals surface area contributed by atoms with Crippen LogP contribution < -0.4 is 11.5 Å². The van der Waals surface area contributed by atoms with Crippen molar-refractivity contribution in [2.24, 2.45) is 11.5 Å². The number of hydrogen-bond acceptors (Lipinski definition) is 2. The van der Waals surface area contributed by atoms with E-state index in [1.807, 2.05) is 0 Å². The topological polar surface area (TPSA) is 52.0 Å². The van der Waals surface area contributed by atoms with Gasteiger partial charge >= 0.3 is 0 Å². The van der Waals surface area contributed by atoms with Crippen LogP contribution in [-0.4, -0.2) is 6.54 Å². The van der Waals surface area contributed by atoms with Crippen molar-refractivity contribution in [1.82, 2.24) is 0 Å². The third-order valence-electron chi connectivity index (χ3n) is 2.34. The minimum absolute atomic E-state index is 0. The van der Waals surface area contributed by atoms with Crippen molar-refractivity contribution in [2.45, 2.75) is 25.3 Å². The first kappa shape index (κ1) is 15.3. The summed E-state index contributed by atoms with van der Waals surface area (Å²) < 4.78 is 25.5. The molecule has 1 atom stereocenters. The first-order valence-electron chi connectivity index (χ1n) is 5.05. The second kappa shape index (κ2) is 7.54. The molecule has 5 heteroatoms. The van der Waals surface area contributed by atoms with Crippen molar-refractivity contribution in [3.05, 3.63) is 35.4 Å². The average molecular weight is 251 g/mol. The van der Waals surface area contributed by atoms with Gasteiger partial charge in [0.2, 0.25) is 0 Å². The third kappa shape index (κ3) is 4.43. The molecule has 0 spiro atoms. The molecule has 0 heterocycles. The number of halogens is 3. The van der Waals surface area contributed by atoms with Gasteiger partial charge in [0.1, 0.15) is 0 Å². The van der Waals surface area contributed by atoms with Crippen LogP contribution in [0.25, 0.3) is 0 Å². The second-order valence-electron chi connectivity index (χ2n) is 3.56. The maximum atomic E-state index is 12.9. The molecule has 0 saturated heterocycles. The lowest BCUT2D eigenvalue weighted by Gasteiger charge is -2.11. The Bertz CT molecular complexity index is 321. The molecule has 0 bridgehead atoms. The van der Waals surface area contributed by atoms with Crippen LogP contribution in [0.15, 0.2) is 18.2 Å². The summed E-state index contributed by atoms with van der Waals surface area (Å²) in [7, 11) is 0.